The second kappa shape index (κ2) is 6.72. The van der Waals surface area contributed by atoms with Gasteiger partial charge in [0, 0.05) is 6.04 Å². The number of carbonyl (C=O) groups excluding carboxylic acids is 1. The lowest BCUT2D eigenvalue weighted by atomic mass is 10.0. The molecule has 0 bridgehead atoms. The molecule has 3 nitrogen and oxygen atoms in total. The Kier molecular flexibility index (Phi) is 6.24. The average Bonchev–Trinajstić information content (AvgIpc) is 2.26. The van der Waals surface area contributed by atoms with Crippen molar-refractivity contribution in [2.75, 3.05) is 7.11 Å². The Balaban J connectivity index is 0.00000324. The summed E-state index contributed by atoms with van der Waals surface area (Å²) in [6.45, 7) is 0. The van der Waals surface area contributed by atoms with E-state index < -0.39 is 29.6 Å². The van der Waals surface area contributed by atoms with Gasteiger partial charge in [0.2, 0.25) is 0 Å². The van der Waals surface area contributed by atoms with Gasteiger partial charge in [-0.15, -0.1) is 12.4 Å². The van der Waals surface area contributed by atoms with E-state index in [0.29, 0.717) is 6.07 Å². The molecule has 0 aliphatic heterocycles. The quantitative estimate of drug-likeness (QED) is 0.690. The minimum atomic E-state index is -4.66. The summed E-state index contributed by atoms with van der Waals surface area (Å²) >= 11 is 0. The SMILES string of the molecule is COC(=O)C[C@H](N)c1cc(F)cc(C(F)(F)F)c1.Cl. The van der Waals surface area contributed by atoms with E-state index in [1.54, 1.807) is 0 Å². The van der Waals surface area contributed by atoms with Crippen LogP contribution in [0.5, 0.6) is 0 Å². The molecule has 0 spiro atoms. The van der Waals surface area contributed by atoms with Gasteiger partial charge in [-0.1, -0.05) is 0 Å². The summed E-state index contributed by atoms with van der Waals surface area (Å²) in [5.41, 5.74) is 4.27. The molecule has 0 radical (unpaired) electrons. The zero-order chi connectivity index (χ0) is 13.9. The molecule has 0 saturated carbocycles. The van der Waals surface area contributed by atoms with Gasteiger partial charge in [0.05, 0.1) is 19.1 Å². The number of ether oxygens (including phenoxy) is 1. The molecule has 0 aromatic heterocycles. The third-order valence-electron chi connectivity index (χ3n) is 2.29. The van der Waals surface area contributed by atoms with Gasteiger partial charge in [-0.25, -0.2) is 4.39 Å². The summed E-state index contributed by atoms with van der Waals surface area (Å²) in [4.78, 5) is 10.9. The minimum absolute atomic E-state index is 0. The number of rotatable bonds is 3. The molecule has 1 aromatic carbocycles. The van der Waals surface area contributed by atoms with Crippen molar-refractivity contribution in [2.24, 2.45) is 5.73 Å². The van der Waals surface area contributed by atoms with Gasteiger partial charge >= 0.3 is 12.1 Å². The van der Waals surface area contributed by atoms with Crippen molar-refractivity contribution in [3.05, 3.63) is 35.1 Å². The lowest BCUT2D eigenvalue weighted by molar-refractivity contribution is -0.141. The van der Waals surface area contributed by atoms with Gasteiger partial charge in [-0.3, -0.25) is 4.79 Å². The number of nitrogens with two attached hydrogens (primary N) is 1. The summed E-state index contributed by atoms with van der Waals surface area (Å²) in [7, 11) is 1.13. The monoisotopic (exact) mass is 301 g/mol. The van der Waals surface area contributed by atoms with Crippen LogP contribution in [-0.2, 0) is 15.7 Å². The maximum Gasteiger partial charge on any atom is 0.416 e. The van der Waals surface area contributed by atoms with Crippen molar-refractivity contribution in [1.82, 2.24) is 0 Å². The third kappa shape index (κ3) is 5.04. The van der Waals surface area contributed by atoms with Gasteiger partial charge < -0.3 is 10.5 Å². The number of esters is 1. The van der Waals surface area contributed by atoms with Crippen LogP contribution in [0.2, 0.25) is 0 Å². The fourth-order valence-corrected chi connectivity index (χ4v) is 1.37. The summed E-state index contributed by atoms with van der Waals surface area (Å²) < 4.78 is 54.7. The zero-order valence-corrected chi connectivity index (χ0v) is 10.6. The molecule has 8 heteroatoms. The van der Waals surface area contributed by atoms with E-state index in [0.717, 1.165) is 19.2 Å². The Labute approximate surface area is 113 Å². The van der Waals surface area contributed by atoms with Crippen LogP contribution < -0.4 is 5.73 Å². The number of methoxy groups -OCH3 is 1. The van der Waals surface area contributed by atoms with E-state index in [2.05, 4.69) is 4.74 Å². The predicted octanol–water partition coefficient (Wildman–Crippen LogP) is 2.83. The van der Waals surface area contributed by atoms with Gasteiger partial charge in [0.25, 0.3) is 0 Å². The third-order valence-corrected chi connectivity index (χ3v) is 2.29. The Morgan fingerprint density at radius 2 is 1.95 bits per heavy atom. The molecule has 19 heavy (non-hydrogen) atoms. The molecule has 0 amide bonds. The van der Waals surface area contributed by atoms with Crippen molar-refractivity contribution in [2.45, 2.75) is 18.6 Å². The molecular weight excluding hydrogens is 290 g/mol. The molecule has 0 heterocycles. The van der Waals surface area contributed by atoms with Crippen molar-refractivity contribution >= 4 is 18.4 Å². The van der Waals surface area contributed by atoms with Crippen LogP contribution in [0.3, 0.4) is 0 Å². The van der Waals surface area contributed by atoms with E-state index in [1.165, 1.54) is 0 Å². The summed E-state index contributed by atoms with van der Waals surface area (Å²) in [5, 5.41) is 0. The molecule has 0 saturated heterocycles. The molecule has 1 atom stereocenters. The zero-order valence-electron chi connectivity index (χ0n) is 9.83. The Hall–Kier alpha value is -1.34. The van der Waals surface area contributed by atoms with E-state index in [1.807, 2.05) is 0 Å². The average molecular weight is 302 g/mol. The maximum atomic E-state index is 13.1. The summed E-state index contributed by atoms with van der Waals surface area (Å²) in [6.07, 6.45) is -4.99. The first-order valence-corrected chi connectivity index (χ1v) is 4.94. The highest BCUT2D eigenvalue weighted by atomic mass is 35.5. The number of carbonyl (C=O) groups is 1. The molecule has 0 fully saturated rings. The van der Waals surface area contributed by atoms with E-state index in [-0.39, 0.29) is 24.4 Å². The van der Waals surface area contributed by atoms with Crippen LogP contribution >= 0.6 is 12.4 Å². The lowest BCUT2D eigenvalue weighted by Crippen LogP contribution is -2.17. The molecule has 0 aliphatic carbocycles. The largest absolute Gasteiger partial charge is 0.469 e. The first-order valence-electron chi connectivity index (χ1n) is 4.94. The highest BCUT2D eigenvalue weighted by Gasteiger charge is 2.32. The standard InChI is InChI=1S/C11H11F4NO2.ClH/c1-18-10(17)5-9(16)6-2-7(11(13,14)15)4-8(12)3-6;/h2-4,9H,5,16H2,1H3;1H/t9-;/m0./s1. The Morgan fingerprint density at radius 3 is 2.42 bits per heavy atom. The summed E-state index contributed by atoms with van der Waals surface area (Å²) in [6, 6.07) is 0.905. The molecular formula is C11H12ClF4NO2. The number of hydrogen-bond acceptors (Lipinski definition) is 3. The molecule has 2 N–H and O–H groups in total. The van der Waals surface area contributed by atoms with Crippen molar-refractivity contribution in [3.8, 4) is 0 Å². The highest BCUT2D eigenvalue weighted by molar-refractivity contribution is 5.85. The highest BCUT2D eigenvalue weighted by Crippen LogP contribution is 2.31. The van der Waals surface area contributed by atoms with E-state index in [9.17, 15) is 22.4 Å². The van der Waals surface area contributed by atoms with Crippen LogP contribution in [0.4, 0.5) is 17.6 Å². The van der Waals surface area contributed by atoms with Gasteiger partial charge in [0.1, 0.15) is 5.82 Å². The normalized spacial score (nSPS) is 12.5. The number of alkyl halides is 3. The van der Waals surface area contributed by atoms with Crippen LogP contribution in [0.15, 0.2) is 18.2 Å². The second-order valence-electron chi connectivity index (χ2n) is 3.66. The molecule has 1 aromatic rings. The topological polar surface area (TPSA) is 52.3 Å². The molecule has 0 aliphatic rings. The smallest absolute Gasteiger partial charge is 0.416 e. The first-order chi connectivity index (χ1) is 8.24. The van der Waals surface area contributed by atoms with Gasteiger partial charge in [-0.2, -0.15) is 13.2 Å². The Morgan fingerprint density at radius 1 is 1.37 bits per heavy atom. The van der Waals surface area contributed by atoms with Crippen LogP contribution in [0.1, 0.15) is 23.6 Å². The van der Waals surface area contributed by atoms with Crippen LogP contribution in [0, 0.1) is 5.82 Å². The fraction of sp³-hybridized carbons (Fsp3) is 0.364. The number of benzene rings is 1. The van der Waals surface area contributed by atoms with Crippen molar-refractivity contribution < 1.29 is 27.1 Å². The second-order valence-corrected chi connectivity index (χ2v) is 3.66. The van der Waals surface area contributed by atoms with Crippen molar-refractivity contribution in [1.29, 1.82) is 0 Å². The lowest BCUT2D eigenvalue weighted by Gasteiger charge is -2.14. The fourth-order valence-electron chi connectivity index (χ4n) is 1.37. The van der Waals surface area contributed by atoms with Crippen LogP contribution in [-0.4, -0.2) is 13.1 Å². The first kappa shape index (κ1) is 17.7. The number of halogens is 5. The van der Waals surface area contributed by atoms with Gasteiger partial charge in [-0.05, 0) is 23.8 Å². The van der Waals surface area contributed by atoms with E-state index in [4.69, 9.17) is 5.73 Å². The van der Waals surface area contributed by atoms with Crippen molar-refractivity contribution in [3.63, 3.8) is 0 Å². The maximum absolute atomic E-state index is 13.1. The molecule has 1 rings (SSSR count). The molecule has 108 valence electrons. The van der Waals surface area contributed by atoms with E-state index >= 15 is 0 Å². The summed E-state index contributed by atoms with van der Waals surface area (Å²) in [5.74, 6) is -1.74. The molecule has 0 unspecified atom stereocenters. The number of hydrogen-bond donors (Lipinski definition) is 1. The predicted molar refractivity (Wildman–Crippen MR) is 62.2 cm³/mol. The Bertz CT molecular complexity index is 451. The van der Waals surface area contributed by atoms with Crippen LogP contribution in [0.25, 0.3) is 0 Å². The van der Waals surface area contributed by atoms with Gasteiger partial charge in [0.15, 0.2) is 0 Å². The minimum Gasteiger partial charge on any atom is -0.469 e.